The van der Waals surface area contributed by atoms with Gasteiger partial charge in [0, 0.05) is 0 Å². The van der Waals surface area contributed by atoms with E-state index in [9.17, 15) is 35.9 Å². The molecule has 4 aromatic rings. The van der Waals surface area contributed by atoms with Crippen molar-refractivity contribution in [3.63, 3.8) is 0 Å². The highest BCUT2D eigenvalue weighted by Gasteiger charge is 2.72. The maximum atomic E-state index is 14.4. The number of carbonyl (C=O) groups excluding carboxylic acids is 2. The van der Waals surface area contributed by atoms with Crippen LogP contribution < -0.4 is 18.9 Å². The molecule has 0 fully saturated rings. The van der Waals surface area contributed by atoms with Crippen LogP contribution in [0.1, 0.15) is 11.1 Å². The van der Waals surface area contributed by atoms with E-state index >= 15 is 0 Å². The van der Waals surface area contributed by atoms with Crippen LogP contribution >= 0.6 is 0 Å². The number of carbonyl (C=O) groups is 2. The van der Waals surface area contributed by atoms with Crippen molar-refractivity contribution in [2.24, 2.45) is 0 Å². The molecular formula is C29H18F6O6. The highest BCUT2D eigenvalue weighted by atomic mass is 19.4. The van der Waals surface area contributed by atoms with Crippen LogP contribution in [0.15, 0.2) is 109 Å². The largest absolute Gasteiger partial charge is 0.519 e. The summed E-state index contributed by atoms with van der Waals surface area (Å²) in [7, 11) is 0. The van der Waals surface area contributed by atoms with E-state index in [4.69, 9.17) is 18.9 Å². The fourth-order valence-corrected chi connectivity index (χ4v) is 3.93. The summed E-state index contributed by atoms with van der Waals surface area (Å²) in [4.78, 5) is 23.9. The summed E-state index contributed by atoms with van der Waals surface area (Å²) in [6.07, 6.45) is -14.2. The van der Waals surface area contributed by atoms with Gasteiger partial charge in [-0.25, -0.2) is 9.59 Å². The molecule has 0 spiro atoms. The number of para-hydroxylation sites is 2. The Morgan fingerprint density at radius 2 is 0.683 bits per heavy atom. The zero-order valence-electron chi connectivity index (χ0n) is 20.6. The summed E-state index contributed by atoms with van der Waals surface area (Å²) in [5, 5.41) is 0. The van der Waals surface area contributed by atoms with Crippen LogP contribution in [0.3, 0.4) is 0 Å². The van der Waals surface area contributed by atoms with Gasteiger partial charge in [0.15, 0.2) is 0 Å². The molecule has 0 aliphatic heterocycles. The van der Waals surface area contributed by atoms with Crippen molar-refractivity contribution < 1.29 is 54.9 Å². The molecule has 0 aliphatic rings. The van der Waals surface area contributed by atoms with Gasteiger partial charge in [0.2, 0.25) is 5.41 Å². The van der Waals surface area contributed by atoms with E-state index < -0.39 is 41.2 Å². The molecule has 0 saturated heterocycles. The summed E-state index contributed by atoms with van der Waals surface area (Å²) in [5.41, 5.74) is -6.87. The zero-order valence-corrected chi connectivity index (χ0v) is 20.6. The Kier molecular flexibility index (Phi) is 8.22. The topological polar surface area (TPSA) is 71.1 Å². The van der Waals surface area contributed by atoms with Crippen LogP contribution in [-0.2, 0) is 5.41 Å². The molecule has 0 aromatic heterocycles. The summed E-state index contributed by atoms with van der Waals surface area (Å²) in [6, 6.07) is 20.7. The first-order valence-electron chi connectivity index (χ1n) is 11.6. The molecule has 12 heteroatoms. The molecule has 4 rings (SSSR count). The highest BCUT2D eigenvalue weighted by molar-refractivity contribution is 5.68. The number of ether oxygens (including phenoxy) is 4. The van der Waals surface area contributed by atoms with Gasteiger partial charge in [0.25, 0.3) is 0 Å². The third-order valence-electron chi connectivity index (χ3n) is 5.72. The Morgan fingerprint density at radius 1 is 0.415 bits per heavy atom. The average Bonchev–Trinajstić information content (AvgIpc) is 2.90. The van der Waals surface area contributed by atoms with Crippen LogP contribution in [0, 0.1) is 0 Å². The molecule has 0 aliphatic carbocycles. The molecule has 0 bridgehead atoms. The monoisotopic (exact) mass is 576 g/mol. The minimum atomic E-state index is -5.87. The van der Waals surface area contributed by atoms with Gasteiger partial charge in [-0.05, 0) is 59.7 Å². The average molecular weight is 576 g/mol. The van der Waals surface area contributed by atoms with Crippen molar-refractivity contribution >= 4 is 12.3 Å². The predicted octanol–water partition coefficient (Wildman–Crippen LogP) is 8.25. The summed E-state index contributed by atoms with van der Waals surface area (Å²) >= 11 is 0. The minimum Gasteiger partial charge on any atom is -0.395 e. The first-order valence-corrected chi connectivity index (χ1v) is 11.6. The van der Waals surface area contributed by atoms with Crippen LogP contribution in [0.25, 0.3) is 0 Å². The first kappa shape index (κ1) is 29.0. The second-order valence-corrected chi connectivity index (χ2v) is 8.33. The van der Waals surface area contributed by atoms with E-state index in [0.717, 1.165) is 24.3 Å². The van der Waals surface area contributed by atoms with Crippen LogP contribution in [-0.4, -0.2) is 24.7 Å². The minimum absolute atomic E-state index is 0.114. The lowest BCUT2D eigenvalue weighted by atomic mass is 9.73. The molecule has 0 heterocycles. The van der Waals surface area contributed by atoms with Gasteiger partial charge in [-0.2, -0.15) is 26.3 Å². The number of hydrogen-bond donors (Lipinski definition) is 0. The van der Waals surface area contributed by atoms with E-state index in [0.29, 0.717) is 24.3 Å². The van der Waals surface area contributed by atoms with Crippen LogP contribution in [0.2, 0.25) is 0 Å². The van der Waals surface area contributed by atoms with Crippen molar-refractivity contribution in [2.75, 3.05) is 0 Å². The lowest BCUT2D eigenvalue weighted by Gasteiger charge is -2.38. The Labute approximate surface area is 228 Å². The van der Waals surface area contributed by atoms with Crippen molar-refractivity contribution in [3.8, 4) is 23.0 Å². The molecule has 212 valence electrons. The number of hydrogen-bond acceptors (Lipinski definition) is 6. The molecule has 4 aromatic carbocycles. The summed E-state index contributed by atoms with van der Waals surface area (Å²) < 4.78 is 106. The Balaban J connectivity index is 1.60. The number of benzene rings is 4. The lowest BCUT2D eigenvalue weighted by molar-refractivity contribution is -0.288. The molecule has 41 heavy (non-hydrogen) atoms. The smallest absolute Gasteiger partial charge is 0.395 e. The first-order chi connectivity index (χ1) is 19.4. The molecule has 0 unspecified atom stereocenters. The fourth-order valence-electron chi connectivity index (χ4n) is 3.93. The van der Waals surface area contributed by atoms with Crippen molar-refractivity contribution in [1.29, 1.82) is 0 Å². The predicted molar refractivity (Wildman–Crippen MR) is 132 cm³/mol. The second-order valence-electron chi connectivity index (χ2n) is 8.33. The third kappa shape index (κ3) is 6.43. The summed E-state index contributed by atoms with van der Waals surface area (Å²) in [5.74, 6) is -0.478. The summed E-state index contributed by atoms with van der Waals surface area (Å²) in [6.45, 7) is 0. The third-order valence-corrected chi connectivity index (χ3v) is 5.72. The molecule has 0 amide bonds. The SMILES string of the molecule is O=C(Oc1ccccc1)Oc1ccc(C(c2ccc(OC(=O)Oc3ccccc3)cc2)(C(F)(F)F)C(F)(F)F)cc1. The Hall–Kier alpha value is -5.00. The van der Waals surface area contributed by atoms with Crippen molar-refractivity contribution in [2.45, 2.75) is 17.8 Å². The van der Waals surface area contributed by atoms with E-state index in [2.05, 4.69) is 0 Å². The zero-order chi connectivity index (χ0) is 29.7. The maximum Gasteiger partial charge on any atom is 0.519 e. The lowest BCUT2D eigenvalue weighted by Crippen LogP contribution is -2.54. The maximum absolute atomic E-state index is 14.4. The molecule has 6 nitrogen and oxygen atoms in total. The fraction of sp³-hybridized carbons (Fsp3) is 0.103. The van der Waals surface area contributed by atoms with Gasteiger partial charge >= 0.3 is 24.7 Å². The second kappa shape index (κ2) is 11.6. The van der Waals surface area contributed by atoms with Gasteiger partial charge in [-0.1, -0.05) is 60.7 Å². The number of halogens is 6. The van der Waals surface area contributed by atoms with Gasteiger partial charge in [-0.3, -0.25) is 0 Å². The quantitative estimate of drug-likeness (QED) is 0.131. The van der Waals surface area contributed by atoms with Crippen molar-refractivity contribution in [1.82, 2.24) is 0 Å². The Bertz CT molecular complexity index is 1350. The number of rotatable bonds is 6. The van der Waals surface area contributed by atoms with E-state index in [1.54, 1.807) is 36.4 Å². The Morgan fingerprint density at radius 3 is 0.951 bits per heavy atom. The van der Waals surface area contributed by atoms with Crippen LogP contribution in [0.4, 0.5) is 35.9 Å². The van der Waals surface area contributed by atoms with Gasteiger partial charge < -0.3 is 18.9 Å². The molecule has 0 atom stereocenters. The normalized spacial score (nSPS) is 11.9. The van der Waals surface area contributed by atoms with Gasteiger partial charge in [0.1, 0.15) is 23.0 Å². The standard InChI is InChI=1S/C29H18F6O6/c30-28(31,32)27(29(33,34)35,19-11-15-23(16-12-19)40-25(36)38-21-7-3-1-4-8-21)20-13-17-24(18-14-20)41-26(37)39-22-9-5-2-6-10-22/h1-18H. The van der Waals surface area contributed by atoms with E-state index in [1.165, 1.54) is 24.3 Å². The van der Waals surface area contributed by atoms with Gasteiger partial charge in [0.05, 0.1) is 0 Å². The molecule has 0 radical (unpaired) electrons. The highest BCUT2D eigenvalue weighted by Crippen LogP contribution is 2.56. The molecular weight excluding hydrogens is 558 g/mol. The van der Waals surface area contributed by atoms with E-state index in [-0.39, 0.29) is 23.0 Å². The molecule has 0 saturated carbocycles. The molecule has 0 N–H and O–H groups in total. The van der Waals surface area contributed by atoms with Crippen molar-refractivity contribution in [3.05, 3.63) is 120 Å². The van der Waals surface area contributed by atoms with Crippen LogP contribution in [0.5, 0.6) is 23.0 Å². The number of alkyl halides is 6. The van der Waals surface area contributed by atoms with Gasteiger partial charge in [-0.15, -0.1) is 0 Å². The van der Waals surface area contributed by atoms with E-state index in [1.807, 2.05) is 0 Å².